The maximum Gasteiger partial charge on any atom is 0.243 e. The average molecular weight is 340 g/mol. The molecule has 2 rings (SSSR count). The molecule has 0 radical (unpaired) electrons. The van der Waals surface area contributed by atoms with Gasteiger partial charge < -0.3 is 11.1 Å². The van der Waals surface area contributed by atoms with E-state index in [9.17, 15) is 4.79 Å². The number of nitrogens with two attached hydrogens (primary N) is 1. The van der Waals surface area contributed by atoms with Gasteiger partial charge in [-0.1, -0.05) is 44.5 Å². The van der Waals surface area contributed by atoms with E-state index in [0.29, 0.717) is 5.13 Å². The lowest BCUT2D eigenvalue weighted by atomic mass is 10.00. The monoisotopic (exact) mass is 339 g/mol. The molecule has 0 aliphatic carbocycles. The predicted molar refractivity (Wildman–Crippen MR) is 95.6 cm³/mol. The fraction of sp³-hybridized carbons (Fsp3) is 0.375. The molecule has 0 aliphatic rings. The summed E-state index contributed by atoms with van der Waals surface area (Å²) >= 11 is 1.42. The summed E-state index contributed by atoms with van der Waals surface area (Å²) in [6.45, 7) is 6.05. The minimum absolute atomic E-state index is 0. The number of hydrogen-bond acceptors (Lipinski definition) is 4. The molecule has 22 heavy (non-hydrogen) atoms. The standard InChI is InChI=1S/C16H21N3OS.ClH/c1-4-10(2)14(17)15(20)19-16-18-13(9-21-16)12-8-6-5-7-11(12)3;/h5-10,14H,4,17H2,1-3H3,(H,18,19,20);1H. The molecule has 2 unspecified atom stereocenters. The van der Waals surface area contributed by atoms with Gasteiger partial charge >= 0.3 is 0 Å². The molecule has 3 N–H and O–H groups in total. The smallest absolute Gasteiger partial charge is 0.243 e. The molecule has 2 atom stereocenters. The Morgan fingerprint density at radius 3 is 2.73 bits per heavy atom. The first-order chi connectivity index (χ1) is 10.0. The Balaban J connectivity index is 0.00000242. The minimum atomic E-state index is -0.499. The van der Waals surface area contributed by atoms with E-state index in [-0.39, 0.29) is 24.2 Å². The van der Waals surface area contributed by atoms with Gasteiger partial charge in [-0.25, -0.2) is 4.98 Å². The van der Waals surface area contributed by atoms with E-state index in [4.69, 9.17) is 5.73 Å². The van der Waals surface area contributed by atoms with Gasteiger partial charge in [0.15, 0.2) is 5.13 Å². The van der Waals surface area contributed by atoms with Crippen LogP contribution in [0.2, 0.25) is 0 Å². The maximum atomic E-state index is 12.1. The predicted octanol–water partition coefficient (Wildman–Crippen LogP) is 3.85. The summed E-state index contributed by atoms with van der Waals surface area (Å²) in [4.78, 5) is 16.5. The number of nitrogens with zero attached hydrogens (tertiary/aromatic N) is 1. The number of carbonyl (C=O) groups is 1. The van der Waals surface area contributed by atoms with E-state index in [0.717, 1.165) is 23.2 Å². The number of aromatic nitrogens is 1. The van der Waals surface area contributed by atoms with Crippen molar-refractivity contribution in [3.8, 4) is 11.3 Å². The van der Waals surface area contributed by atoms with E-state index >= 15 is 0 Å². The molecule has 1 amide bonds. The van der Waals surface area contributed by atoms with Crippen molar-refractivity contribution in [2.75, 3.05) is 5.32 Å². The number of amides is 1. The van der Waals surface area contributed by atoms with Gasteiger partial charge in [-0.05, 0) is 18.4 Å². The van der Waals surface area contributed by atoms with Gasteiger partial charge in [-0.3, -0.25) is 4.79 Å². The highest BCUT2D eigenvalue weighted by atomic mass is 35.5. The molecule has 0 saturated carbocycles. The van der Waals surface area contributed by atoms with Crippen molar-refractivity contribution < 1.29 is 4.79 Å². The van der Waals surface area contributed by atoms with Crippen molar-refractivity contribution in [2.45, 2.75) is 33.2 Å². The lowest BCUT2D eigenvalue weighted by Gasteiger charge is -2.16. The molecular formula is C16H22ClN3OS. The van der Waals surface area contributed by atoms with Crippen LogP contribution in [0.15, 0.2) is 29.6 Å². The van der Waals surface area contributed by atoms with E-state index in [1.807, 2.05) is 50.4 Å². The normalized spacial score (nSPS) is 13.1. The lowest BCUT2D eigenvalue weighted by Crippen LogP contribution is -2.40. The van der Waals surface area contributed by atoms with Crippen LogP contribution in [-0.2, 0) is 4.79 Å². The zero-order chi connectivity index (χ0) is 15.4. The Kier molecular flexibility index (Phi) is 7.00. The number of hydrogen-bond donors (Lipinski definition) is 2. The molecule has 1 heterocycles. The van der Waals surface area contributed by atoms with Gasteiger partial charge in [0.2, 0.25) is 5.91 Å². The van der Waals surface area contributed by atoms with E-state index in [1.165, 1.54) is 11.3 Å². The maximum absolute atomic E-state index is 12.1. The molecule has 1 aromatic heterocycles. The van der Waals surface area contributed by atoms with Gasteiger partial charge in [0.1, 0.15) is 0 Å². The molecule has 0 fully saturated rings. The van der Waals surface area contributed by atoms with Crippen LogP contribution in [0.5, 0.6) is 0 Å². The minimum Gasteiger partial charge on any atom is -0.320 e. The molecule has 1 aromatic carbocycles. The number of carbonyl (C=O) groups excluding carboxylic acids is 1. The van der Waals surface area contributed by atoms with Crippen LogP contribution < -0.4 is 11.1 Å². The number of halogens is 1. The van der Waals surface area contributed by atoms with Gasteiger partial charge in [0, 0.05) is 10.9 Å². The number of anilines is 1. The number of thiazole rings is 1. The van der Waals surface area contributed by atoms with Crippen molar-refractivity contribution in [3.05, 3.63) is 35.2 Å². The third-order valence-corrected chi connectivity index (χ3v) is 4.47. The van der Waals surface area contributed by atoms with Crippen LogP contribution in [0.1, 0.15) is 25.8 Å². The van der Waals surface area contributed by atoms with Gasteiger partial charge in [0.05, 0.1) is 11.7 Å². The third kappa shape index (κ3) is 4.29. The zero-order valence-electron chi connectivity index (χ0n) is 13.0. The topological polar surface area (TPSA) is 68.0 Å². The molecular weight excluding hydrogens is 318 g/mol. The molecule has 0 saturated heterocycles. The number of aryl methyl sites for hydroxylation is 1. The Hall–Kier alpha value is -1.43. The first-order valence-electron chi connectivity index (χ1n) is 7.11. The Labute approximate surface area is 141 Å². The first kappa shape index (κ1) is 18.6. The molecule has 2 aromatic rings. The van der Waals surface area contributed by atoms with Crippen molar-refractivity contribution in [2.24, 2.45) is 11.7 Å². The molecule has 4 nitrogen and oxygen atoms in total. The first-order valence-corrected chi connectivity index (χ1v) is 7.98. The second kappa shape index (κ2) is 8.27. The van der Waals surface area contributed by atoms with E-state index < -0.39 is 6.04 Å². The van der Waals surface area contributed by atoms with Gasteiger partial charge in [-0.15, -0.1) is 23.7 Å². The highest BCUT2D eigenvalue weighted by Gasteiger charge is 2.20. The largest absolute Gasteiger partial charge is 0.320 e. The molecule has 0 aliphatic heterocycles. The van der Waals surface area contributed by atoms with Crippen LogP contribution in [0.3, 0.4) is 0 Å². The van der Waals surface area contributed by atoms with Crippen LogP contribution in [-0.4, -0.2) is 16.9 Å². The summed E-state index contributed by atoms with van der Waals surface area (Å²) in [6, 6.07) is 7.56. The summed E-state index contributed by atoms with van der Waals surface area (Å²) in [6.07, 6.45) is 0.876. The number of benzene rings is 1. The summed E-state index contributed by atoms with van der Waals surface area (Å²) in [7, 11) is 0. The molecule has 120 valence electrons. The van der Waals surface area contributed by atoms with Crippen LogP contribution in [0.4, 0.5) is 5.13 Å². The summed E-state index contributed by atoms with van der Waals surface area (Å²) in [5, 5.41) is 5.36. The molecule has 0 bridgehead atoms. The SMILES string of the molecule is CCC(C)C(N)C(=O)Nc1nc(-c2ccccc2C)cs1.Cl. The molecule has 0 spiro atoms. The summed E-state index contributed by atoms with van der Waals surface area (Å²) in [5.41, 5.74) is 9.05. The fourth-order valence-corrected chi connectivity index (χ4v) is 2.73. The van der Waals surface area contributed by atoms with Crippen LogP contribution in [0, 0.1) is 12.8 Å². The van der Waals surface area contributed by atoms with Crippen LogP contribution >= 0.6 is 23.7 Å². The van der Waals surface area contributed by atoms with E-state index in [2.05, 4.69) is 10.3 Å². The number of nitrogens with one attached hydrogen (secondary N) is 1. The number of rotatable bonds is 5. The van der Waals surface area contributed by atoms with Gasteiger partial charge in [-0.2, -0.15) is 0 Å². The Morgan fingerprint density at radius 2 is 2.09 bits per heavy atom. The molecule has 6 heteroatoms. The fourth-order valence-electron chi connectivity index (χ4n) is 2.02. The van der Waals surface area contributed by atoms with Crippen molar-refractivity contribution >= 4 is 34.8 Å². The van der Waals surface area contributed by atoms with Crippen molar-refractivity contribution in [1.82, 2.24) is 4.98 Å². The second-order valence-corrected chi connectivity index (χ2v) is 6.11. The third-order valence-electron chi connectivity index (χ3n) is 3.72. The van der Waals surface area contributed by atoms with Crippen LogP contribution in [0.25, 0.3) is 11.3 Å². The zero-order valence-corrected chi connectivity index (χ0v) is 14.6. The lowest BCUT2D eigenvalue weighted by molar-refractivity contribution is -0.118. The highest BCUT2D eigenvalue weighted by Crippen LogP contribution is 2.27. The highest BCUT2D eigenvalue weighted by molar-refractivity contribution is 7.14. The Morgan fingerprint density at radius 1 is 1.41 bits per heavy atom. The summed E-state index contributed by atoms with van der Waals surface area (Å²) < 4.78 is 0. The quantitative estimate of drug-likeness (QED) is 0.869. The van der Waals surface area contributed by atoms with Crippen molar-refractivity contribution in [1.29, 1.82) is 0 Å². The van der Waals surface area contributed by atoms with Gasteiger partial charge in [0.25, 0.3) is 0 Å². The Bertz CT molecular complexity index is 629. The summed E-state index contributed by atoms with van der Waals surface area (Å²) in [5.74, 6) is -0.0177. The van der Waals surface area contributed by atoms with Crippen molar-refractivity contribution in [3.63, 3.8) is 0 Å². The average Bonchev–Trinajstić information content (AvgIpc) is 2.94. The van der Waals surface area contributed by atoms with E-state index in [1.54, 1.807) is 0 Å². The second-order valence-electron chi connectivity index (χ2n) is 5.25.